The van der Waals surface area contributed by atoms with Gasteiger partial charge in [-0.2, -0.15) is 0 Å². The average molecular weight is 734 g/mol. The van der Waals surface area contributed by atoms with E-state index >= 15 is 0 Å². The molecule has 56 heavy (non-hydrogen) atoms. The Morgan fingerprint density at radius 3 is 1.70 bits per heavy atom. The Morgan fingerprint density at radius 2 is 0.875 bits per heavy atom. The molecule has 0 saturated heterocycles. The molecule has 0 fully saturated rings. The third kappa shape index (κ3) is 5.56. The smallest absolute Gasteiger partial charge is 0.164 e. The van der Waals surface area contributed by atoms with Gasteiger partial charge in [0.15, 0.2) is 17.5 Å². The number of benzene rings is 8. The molecule has 0 spiro atoms. The molecule has 0 amide bonds. The predicted molar refractivity (Wildman–Crippen MR) is 233 cm³/mol. The van der Waals surface area contributed by atoms with Crippen molar-refractivity contribution >= 4 is 53.4 Å². The minimum Gasteiger partial charge on any atom is -0.455 e. The van der Waals surface area contributed by atoms with Gasteiger partial charge in [0, 0.05) is 53.2 Å². The molecule has 0 unspecified atom stereocenters. The van der Waals surface area contributed by atoms with Crippen LogP contribution in [0, 0.1) is 0 Å². The van der Waals surface area contributed by atoms with Crippen LogP contribution in [0.15, 0.2) is 192 Å². The topological polar surface area (TPSA) is 51.8 Å². The lowest BCUT2D eigenvalue weighted by molar-refractivity contribution is 0.670. The Bertz CT molecular complexity index is 3260. The van der Waals surface area contributed by atoms with Crippen molar-refractivity contribution in [2.45, 2.75) is 0 Å². The van der Waals surface area contributed by atoms with Crippen molar-refractivity contribution in [1.29, 1.82) is 0 Å². The molecule has 0 aliphatic rings. The molecule has 3 heterocycles. The van der Waals surface area contributed by atoms with E-state index in [1.54, 1.807) is 0 Å². The third-order valence-electron chi connectivity index (χ3n) is 10.6. The maximum absolute atomic E-state index is 6.83. The Balaban J connectivity index is 1.03. The van der Waals surface area contributed by atoms with E-state index in [0.29, 0.717) is 17.5 Å². The number of furan rings is 1. The van der Waals surface area contributed by atoms with Gasteiger partial charge in [0.1, 0.15) is 11.2 Å². The summed E-state index contributed by atoms with van der Waals surface area (Å²) in [6.07, 6.45) is 0. The summed E-state index contributed by atoms with van der Waals surface area (Å²) in [5.74, 6) is 1.82. The van der Waals surface area contributed by atoms with E-state index < -0.39 is 0 Å². The van der Waals surface area contributed by atoms with Crippen molar-refractivity contribution in [2.24, 2.45) is 0 Å². The van der Waals surface area contributed by atoms with Gasteiger partial charge in [-0.15, -0.1) is 11.3 Å². The van der Waals surface area contributed by atoms with E-state index in [1.807, 2.05) is 47.7 Å². The van der Waals surface area contributed by atoms with Crippen LogP contribution in [0.25, 0.3) is 110 Å². The molecular formula is C51H31N3OS. The molecule has 11 aromatic rings. The molecule has 262 valence electrons. The fraction of sp³-hybridized carbons (Fsp3) is 0. The van der Waals surface area contributed by atoms with Crippen molar-refractivity contribution in [3.05, 3.63) is 188 Å². The molecule has 0 aliphatic heterocycles. The van der Waals surface area contributed by atoms with E-state index in [1.165, 1.54) is 31.3 Å². The van der Waals surface area contributed by atoms with Crippen LogP contribution in [-0.2, 0) is 0 Å². The highest BCUT2D eigenvalue weighted by molar-refractivity contribution is 7.25. The van der Waals surface area contributed by atoms with Crippen LogP contribution in [0.5, 0.6) is 0 Å². The van der Waals surface area contributed by atoms with Crippen LogP contribution in [0.2, 0.25) is 0 Å². The van der Waals surface area contributed by atoms with Crippen LogP contribution in [0.1, 0.15) is 0 Å². The molecule has 0 atom stereocenters. The monoisotopic (exact) mass is 733 g/mol. The maximum atomic E-state index is 6.83. The fourth-order valence-electron chi connectivity index (χ4n) is 7.83. The minimum atomic E-state index is 0.587. The van der Waals surface area contributed by atoms with Gasteiger partial charge >= 0.3 is 0 Å². The number of hydrogen-bond donors (Lipinski definition) is 0. The summed E-state index contributed by atoms with van der Waals surface area (Å²) in [5.41, 5.74) is 11.1. The summed E-state index contributed by atoms with van der Waals surface area (Å²) in [4.78, 5) is 15.1. The van der Waals surface area contributed by atoms with Gasteiger partial charge in [0.2, 0.25) is 0 Å². The van der Waals surface area contributed by atoms with Gasteiger partial charge < -0.3 is 4.42 Å². The van der Waals surface area contributed by atoms with Crippen molar-refractivity contribution in [1.82, 2.24) is 15.0 Å². The minimum absolute atomic E-state index is 0.587. The molecule has 11 rings (SSSR count). The molecule has 4 nitrogen and oxygen atoms in total. The average Bonchev–Trinajstić information content (AvgIpc) is 3.85. The zero-order valence-corrected chi connectivity index (χ0v) is 30.9. The van der Waals surface area contributed by atoms with Crippen molar-refractivity contribution in [3.63, 3.8) is 0 Å². The van der Waals surface area contributed by atoms with Gasteiger partial charge in [-0.25, -0.2) is 15.0 Å². The first-order valence-corrected chi connectivity index (χ1v) is 19.5. The van der Waals surface area contributed by atoms with Crippen LogP contribution >= 0.6 is 11.3 Å². The summed E-state index contributed by atoms with van der Waals surface area (Å²) >= 11 is 1.84. The van der Waals surface area contributed by atoms with E-state index in [0.717, 1.165) is 60.9 Å². The second kappa shape index (κ2) is 13.3. The fourth-order valence-corrected chi connectivity index (χ4v) is 8.98. The zero-order chi connectivity index (χ0) is 37.0. The molecule has 3 aromatic heterocycles. The number of thiophene rings is 1. The Kier molecular flexibility index (Phi) is 7.64. The van der Waals surface area contributed by atoms with E-state index in [9.17, 15) is 0 Å². The number of para-hydroxylation sites is 1. The Morgan fingerprint density at radius 1 is 0.321 bits per heavy atom. The predicted octanol–water partition coefficient (Wildman–Crippen LogP) is 14.1. The first-order chi connectivity index (χ1) is 27.7. The highest BCUT2D eigenvalue weighted by atomic mass is 32.1. The largest absolute Gasteiger partial charge is 0.455 e. The second-order valence-electron chi connectivity index (χ2n) is 14.0. The first-order valence-electron chi connectivity index (χ1n) is 18.7. The highest BCUT2D eigenvalue weighted by Crippen LogP contribution is 2.42. The number of hydrogen-bond acceptors (Lipinski definition) is 5. The summed E-state index contributed by atoms with van der Waals surface area (Å²) in [6.45, 7) is 0. The Labute approximate surface area is 327 Å². The number of nitrogens with zero attached hydrogens (tertiary/aromatic N) is 3. The second-order valence-corrected chi connectivity index (χ2v) is 15.1. The normalized spacial score (nSPS) is 11.6. The lowest BCUT2D eigenvalue weighted by Gasteiger charge is -2.11. The van der Waals surface area contributed by atoms with Gasteiger partial charge in [-0.3, -0.25) is 0 Å². The molecule has 0 saturated carbocycles. The molecule has 0 N–H and O–H groups in total. The molecule has 5 heteroatoms. The summed E-state index contributed by atoms with van der Waals surface area (Å²) in [7, 11) is 0. The quantitative estimate of drug-likeness (QED) is 0.171. The third-order valence-corrected chi connectivity index (χ3v) is 11.7. The summed E-state index contributed by atoms with van der Waals surface area (Å²) in [5, 5.41) is 4.71. The van der Waals surface area contributed by atoms with Crippen molar-refractivity contribution < 1.29 is 4.42 Å². The van der Waals surface area contributed by atoms with Crippen LogP contribution in [0.4, 0.5) is 0 Å². The standard InChI is InChI=1S/C51H31N3OS/c1-3-13-32(14-4-1)34-17-11-18-36(29-34)50-52-49(33-15-5-2-6-16-33)53-51(54-50)37-26-27-40-44-23-12-22-43(48(44)55-45(40)30-37)39-20-8-7-19-38(39)35-25-28-42-41-21-9-10-24-46(41)56-47(42)31-35/h1-31H. The van der Waals surface area contributed by atoms with E-state index in [4.69, 9.17) is 19.4 Å². The number of aromatic nitrogens is 3. The van der Waals surface area contributed by atoms with E-state index in [2.05, 4.69) is 152 Å². The lowest BCUT2D eigenvalue weighted by atomic mass is 9.93. The Hall–Kier alpha value is -7.21. The van der Waals surface area contributed by atoms with Gasteiger partial charge in [0.05, 0.1) is 0 Å². The summed E-state index contributed by atoms with van der Waals surface area (Å²) in [6, 6.07) is 65.7. The van der Waals surface area contributed by atoms with Crippen molar-refractivity contribution in [2.75, 3.05) is 0 Å². The number of fused-ring (bicyclic) bond motifs is 6. The van der Waals surface area contributed by atoms with Crippen LogP contribution in [-0.4, -0.2) is 15.0 Å². The van der Waals surface area contributed by atoms with Crippen molar-refractivity contribution in [3.8, 4) is 67.5 Å². The molecule has 0 radical (unpaired) electrons. The molecule has 8 aromatic carbocycles. The maximum Gasteiger partial charge on any atom is 0.164 e. The molecule has 0 aliphatic carbocycles. The van der Waals surface area contributed by atoms with Gasteiger partial charge in [-0.05, 0) is 58.1 Å². The number of rotatable bonds is 6. The lowest BCUT2D eigenvalue weighted by Crippen LogP contribution is -2.00. The van der Waals surface area contributed by atoms with E-state index in [-0.39, 0.29) is 0 Å². The van der Waals surface area contributed by atoms with Crippen LogP contribution in [0.3, 0.4) is 0 Å². The highest BCUT2D eigenvalue weighted by Gasteiger charge is 2.18. The summed E-state index contributed by atoms with van der Waals surface area (Å²) < 4.78 is 9.42. The van der Waals surface area contributed by atoms with Gasteiger partial charge in [0.25, 0.3) is 0 Å². The SMILES string of the molecule is c1ccc(-c2cccc(-c3nc(-c4ccccc4)nc(-c4ccc5c(c4)oc4c(-c6ccccc6-c6ccc7c(c6)sc6ccccc67)cccc45)n3)c2)cc1. The van der Waals surface area contributed by atoms with Crippen LogP contribution < -0.4 is 0 Å². The molecular weight excluding hydrogens is 703 g/mol. The first kappa shape index (κ1) is 32.2. The zero-order valence-electron chi connectivity index (χ0n) is 30.1. The molecule has 0 bridgehead atoms. The van der Waals surface area contributed by atoms with Gasteiger partial charge in [-0.1, -0.05) is 158 Å².